The molecule has 0 amide bonds. The zero-order valence-corrected chi connectivity index (χ0v) is 5.83. The van der Waals surface area contributed by atoms with Gasteiger partial charge in [-0.2, -0.15) is 0 Å². The molecule has 0 unspecified atom stereocenters. The number of hydrogen-bond acceptors (Lipinski definition) is 2. The number of hydrogen-bond donors (Lipinski definition) is 0. The minimum absolute atomic E-state index is 0.630. The fraction of sp³-hybridized carbons (Fsp3) is 0.833. The molecule has 0 spiro atoms. The first kappa shape index (κ1) is 6.02. The molecule has 0 radical (unpaired) electrons. The summed E-state index contributed by atoms with van der Waals surface area (Å²) in [4.78, 5) is 0. The molecule has 0 aliphatic heterocycles. The molecule has 46 valence electrons. The topological polar surface area (TPSA) is 9.23 Å². The maximum atomic E-state index is 5.10. The van der Waals surface area contributed by atoms with Gasteiger partial charge in [-0.3, -0.25) is 0 Å². The van der Waals surface area contributed by atoms with E-state index in [0.717, 1.165) is 11.7 Å². The fourth-order valence-corrected chi connectivity index (χ4v) is 0.933. The van der Waals surface area contributed by atoms with Gasteiger partial charge in [-0.15, -0.1) is 0 Å². The molecule has 1 nitrogen and oxygen atoms in total. The van der Waals surface area contributed by atoms with Crippen molar-refractivity contribution in [2.24, 2.45) is 5.92 Å². The van der Waals surface area contributed by atoms with Crippen molar-refractivity contribution in [3.8, 4) is 0 Å². The van der Waals surface area contributed by atoms with Gasteiger partial charge in [0.2, 0.25) is 0 Å². The summed E-state index contributed by atoms with van der Waals surface area (Å²) in [6.45, 7) is 2.70. The number of thiocarbonyl (C=S) groups is 1. The van der Waals surface area contributed by atoms with Crippen molar-refractivity contribution < 1.29 is 4.74 Å². The lowest BCUT2D eigenvalue weighted by Crippen LogP contribution is -2.02. The Morgan fingerprint density at radius 2 is 2.38 bits per heavy atom. The molecule has 1 rings (SSSR count). The van der Waals surface area contributed by atoms with Gasteiger partial charge in [0.05, 0.1) is 6.61 Å². The van der Waals surface area contributed by atoms with Gasteiger partial charge in [-0.05, 0) is 32.0 Å². The molecule has 1 aliphatic rings. The molecule has 0 N–H and O–H groups in total. The van der Waals surface area contributed by atoms with E-state index in [9.17, 15) is 0 Å². The molecule has 1 aliphatic carbocycles. The molecular weight excluding hydrogens is 120 g/mol. The van der Waals surface area contributed by atoms with Gasteiger partial charge in [-0.1, -0.05) is 0 Å². The standard InChI is InChI=1S/C6H10OS/c1-2-7-6(8)5-3-4-5/h5H,2-4H2,1H3. The zero-order valence-electron chi connectivity index (χ0n) is 5.02. The van der Waals surface area contributed by atoms with E-state index in [1.807, 2.05) is 6.92 Å². The summed E-state index contributed by atoms with van der Waals surface area (Å²) in [5.74, 6) is 0.630. The highest BCUT2D eigenvalue weighted by atomic mass is 32.1. The van der Waals surface area contributed by atoms with Crippen LogP contribution < -0.4 is 0 Å². The van der Waals surface area contributed by atoms with Crippen molar-refractivity contribution in [2.45, 2.75) is 19.8 Å². The average molecular weight is 130 g/mol. The lowest BCUT2D eigenvalue weighted by Gasteiger charge is -1.99. The Morgan fingerprint density at radius 3 is 2.75 bits per heavy atom. The smallest absolute Gasteiger partial charge is 0.162 e. The van der Waals surface area contributed by atoms with E-state index >= 15 is 0 Å². The Kier molecular flexibility index (Phi) is 1.84. The molecule has 0 bridgehead atoms. The summed E-state index contributed by atoms with van der Waals surface area (Å²) >= 11 is 4.92. The van der Waals surface area contributed by atoms with Crippen molar-refractivity contribution in [3.05, 3.63) is 0 Å². The van der Waals surface area contributed by atoms with Gasteiger partial charge in [0.15, 0.2) is 5.05 Å². The minimum Gasteiger partial charge on any atom is -0.487 e. The summed E-state index contributed by atoms with van der Waals surface area (Å²) in [7, 11) is 0. The van der Waals surface area contributed by atoms with Crippen LogP contribution in [0, 0.1) is 5.92 Å². The molecule has 1 fully saturated rings. The van der Waals surface area contributed by atoms with Crippen LogP contribution in [0.25, 0.3) is 0 Å². The SMILES string of the molecule is CCOC(=S)C1CC1. The third-order valence-electron chi connectivity index (χ3n) is 1.20. The fourth-order valence-electron chi connectivity index (χ4n) is 0.579. The summed E-state index contributed by atoms with van der Waals surface area (Å²) in [5.41, 5.74) is 0. The summed E-state index contributed by atoms with van der Waals surface area (Å²) in [6, 6.07) is 0. The van der Waals surface area contributed by atoms with E-state index in [1.165, 1.54) is 12.8 Å². The van der Waals surface area contributed by atoms with Gasteiger partial charge in [-0.25, -0.2) is 0 Å². The van der Waals surface area contributed by atoms with Crippen molar-refractivity contribution in [3.63, 3.8) is 0 Å². The predicted molar refractivity (Wildman–Crippen MR) is 36.9 cm³/mol. The molecule has 2 heteroatoms. The summed E-state index contributed by atoms with van der Waals surface area (Å²) in [5, 5.41) is 0.826. The maximum Gasteiger partial charge on any atom is 0.162 e. The molecule has 0 aromatic rings. The quantitative estimate of drug-likeness (QED) is 0.527. The lowest BCUT2D eigenvalue weighted by molar-refractivity contribution is 0.324. The van der Waals surface area contributed by atoms with Gasteiger partial charge < -0.3 is 4.74 Å². The highest BCUT2D eigenvalue weighted by Gasteiger charge is 2.27. The Balaban J connectivity index is 2.13. The van der Waals surface area contributed by atoms with Gasteiger partial charge in [0.1, 0.15) is 0 Å². The first-order valence-corrected chi connectivity index (χ1v) is 3.42. The van der Waals surface area contributed by atoms with Crippen molar-refractivity contribution in [1.29, 1.82) is 0 Å². The van der Waals surface area contributed by atoms with E-state index in [0.29, 0.717) is 5.92 Å². The largest absolute Gasteiger partial charge is 0.487 e. The minimum atomic E-state index is 0.630. The molecule has 0 aromatic heterocycles. The molecular formula is C6H10OS. The maximum absolute atomic E-state index is 5.10. The van der Waals surface area contributed by atoms with E-state index in [4.69, 9.17) is 17.0 Å². The van der Waals surface area contributed by atoms with Crippen LogP contribution in [-0.2, 0) is 4.74 Å². The Bertz CT molecular complexity index is 96.7. The number of rotatable bonds is 2. The van der Waals surface area contributed by atoms with E-state index in [-0.39, 0.29) is 0 Å². The third kappa shape index (κ3) is 1.44. The van der Waals surface area contributed by atoms with E-state index < -0.39 is 0 Å². The lowest BCUT2D eigenvalue weighted by atomic mass is 10.5. The van der Waals surface area contributed by atoms with Crippen molar-refractivity contribution in [2.75, 3.05) is 6.61 Å². The van der Waals surface area contributed by atoms with Crippen LogP contribution in [0.5, 0.6) is 0 Å². The van der Waals surface area contributed by atoms with Gasteiger partial charge >= 0.3 is 0 Å². The zero-order chi connectivity index (χ0) is 5.98. The molecule has 0 saturated heterocycles. The van der Waals surface area contributed by atoms with Gasteiger partial charge in [0, 0.05) is 5.92 Å². The third-order valence-corrected chi connectivity index (χ3v) is 1.65. The highest BCUT2D eigenvalue weighted by molar-refractivity contribution is 7.80. The summed E-state index contributed by atoms with van der Waals surface area (Å²) in [6.07, 6.45) is 2.50. The molecule has 1 saturated carbocycles. The van der Waals surface area contributed by atoms with Crippen LogP contribution in [0.15, 0.2) is 0 Å². The highest BCUT2D eigenvalue weighted by Crippen LogP contribution is 2.30. The second kappa shape index (κ2) is 2.44. The van der Waals surface area contributed by atoms with E-state index in [1.54, 1.807) is 0 Å². The first-order valence-electron chi connectivity index (χ1n) is 3.01. The van der Waals surface area contributed by atoms with Crippen LogP contribution in [0.2, 0.25) is 0 Å². The molecule has 0 atom stereocenters. The van der Waals surface area contributed by atoms with Crippen LogP contribution >= 0.6 is 12.2 Å². The Morgan fingerprint density at radius 1 is 1.75 bits per heavy atom. The second-order valence-corrected chi connectivity index (χ2v) is 2.43. The predicted octanol–water partition coefficient (Wildman–Crippen LogP) is 1.76. The second-order valence-electron chi connectivity index (χ2n) is 2.03. The van der Waals surface area contributed by atoms with Crippen LogP contribution in [-0.4, -0.2) is 11.7 Å². The van der Waals surface area contributed by atoms with Gasteiger partial charge in [0.25, 0.3) is 0 Å². The van der Waals surface area contributed by atoms with Crippen molar-refractivity contribution in [1.82, 2.24) is 0 Å². The average Bonchev–Trinajstić information content (AvgIpc) is 2.45. The molecule has 0 aromatic carbocycles. The Labute approximate surface area is 55.0 Å². The van der Waals surface area contributed by atoms with Crippen LogP contribution in [0.4, 0.5) is 0 Å². The molecule has 0 heterocycles. The molecule has 8 heavy (non-hydrogen) atoms. The Hall–Kier alpha value is -0.110. The monoisotopic (exact) mass is 130 g/mol. The van der Waals surface area contributed by atoms with E-state index in [2.05, 4.69) is 0 Å². The van der Waals surface area contributed by atoms with Crippen LogP contribution in [0.3, 0.4) is 0 Å². The number of ether oxygens (including phenoxy) is 1. The van der Waals surface area contributed by atoms with Crippen LogP contribution in [0.1, 0.15) is 19.8 Å². The summed E-state index contributed by atoms with van der Waals surface area (Å²) < 4.78 is 5.10. The normalized spacial score (nSPS) is 18.1. The van der Waals surface area contributed by atoms with Crippen molar-refractivity contribution >= 4 is 17.3 Å². The first-order chi connectivity index (χ1) is 3.84.